The molecule has 0 aliphatic carbocycles. The van der Waals surface area contributed by atoms with E-state index in [0.29, 0.717) is 0 Å². The molecular weight excluding hydrogens is 254 g/mol. The van der Waals surface area contributed by atoms with Gasteiger partial charge in [-0.2, -0.15) is 0 Å². The van der Waals surface area contributed by atoms with E-state index in [2.05, 4.69) is 24.2 Å². The van der Waals surface area contributed by atoms with Crippen molar-refractivity contribution in [3.63, 3.8) is 0 Å². The lowest BCUT2D eigenvalue weighted by Crippen LogP contribution is -1.85. The van der Waals surface area contributed by atoms with Crippen LogP contribution in [-0.2, 0) is 6.42 Å². The molecule has 0 unspecified atom stereocenters. The van der Waals surface area contributed by atoms with Gasteiger partial charge in [0, 0.05) is 11.6 Å². The van der Waals surface area contributed by atoms with Crippen molar-refractivity contribution in [1.82, 2.24) is 4.98 Å². The van der Waals surface area contributed by atoms with Crippen molar-refractivity contribution in [1.29, 1.82) is 0 Å². The molecule has 2 aromatic rings. The van der Waals surface area contributed by atoms with Gasteiger partial charge in [0.05, 0.1) is 10.5 Å². The van der Waals surface area contributed by atoms with Crippen LogP contribution >= 0.6 is 11.6 Å². The summed E-state index contributed by atoms with van der Waals surface area (Å²) in [5.74, 6) is 0. The molecule has 0 bridgehead atoms. The molecule has 0 aliphatic heterocycles. The minimum Gasteiger partial charge on any atom is -0.360 e. The number of unbranched alkanes of at least 4 members (excludes halogenated alkanes) is 6. The van der Waals surface area contributed by atoms with Gasteiger partial charge in [-0.05, 0) is 24.5 Å². The van der Waals surface area contributed by atoms with Crippen molar-refractivity contribution < 1.29 is 0 Å². The van der Waals surface area contributed by atoms with Gasteiger partial charge in [0.1, 0.15) is 0 Å². The highest BCUT2D eigenvalue weighted by atomic mass is 35.5. The monoisotopic (exact) mass is 277 g/mol. The number of H-pyrrole nitrogens is 1. The first-order valence-electron chi connectivity index (χ1n) is 7.57. The largest absolute Gasteiger partial charge is 0.360 e. The van der Waals surface area contributed by atoms with Crippen LogP contribution in [0, 0.1) is 0 Å². The Bertz CT molecular complexity index is 501. The molecule has 104 valence electrons. The van der Waals surface area contributed by atoms with E-state index in [4.69, 9.17) is 11.6 Å². The molecule has 0 aliphatic rings. The predicted octanol–water partition coefficient (Wildman–Crippen LogP) is 6.11. The van der Waals surface area contributed by atoms with Crippen LogP contribution in [0.1, 0.15) is 57.4 Å². The number of aromatic amines is 1. The van der Waals surface area contributed by atoms with Crippen LogP contribution < -0.4 is 0 Å². The van der Waals surface area contributed by atoms with E-state index in [0.717, 1.165) is 17.0 Å². The third kappa shape index (κ3) is 4.01. The van der Waals surface area contributed by atoms with Crippen molar-refractivity contribution in [3.8, 4) is 0 Å². The average Bonchev–Trinajstić information content (AvgIpc) is 2.83. The number of aromatic nitrogens is 1. The first kappa shape index (κ1) is 14.5. The van der Waals surface area contributed by atoms with Gasteiger partial charge in [0.2, 0.25) is 0 Å². The van der Waals surface area contributed by atoms with Crippen LogP contribution in [0.3, 0.4) is 0 Å². The minimum absolute atomic E-state index is 0.823. The SMILES string of the molecule is CCCCCCCCCc1c[nH]c2c(Cl)cccc12. The lowest BCUT2D eigenvalue weighted by Gasteiger charge is -2.01. The maximum absolute atomic E-state index is 6.17. The lowest BCUT2D eigenvalue weighted by atomic mass is 10.0. The van der Waals surface area contributed by atoms with Gasteiger partial charge >= 0.3 is 0 Å². The molecule has 2 rings (SSSR count). The summed E-state index contributed by atoms with van der Waals surface area (Å²) in [4.78, 5) is 3.29. The lowest BCUT2D eigenvalue weighted by molar-refractivity contribution is 0.590. The van der Waals surface area contributed by atoms with Gasteiger partial charge in [0.25, 0.3) is 0 Å². The van der Waals surface area contributed by atoms with Crippen LogP contribution in [0.5, 0.6) is 0 Å². The number of benzene rings is 1. The molecule has 0 saturated heterocycles. The zero-order valence-corrected chi connectivity index (χ0v) is 12.6. The Morgan fingerprint density at radius 1 is 1.00 bits per heavy atom. The van der Waals surface area contributed by atoms with E-state index >= 15 is 0 Å². The number of halogens is 1. The number of hydrogen-bond donors (Lipinski definition) is 1. The molecule has 0 atom stereocenters. The summed E-state index contributed by atoms with van der Waals surface area (Å²) in [6.07, 6.45) is 12.8. The molecule has 19 heavy (non-hydrogen) atoms. The van der Waals surface area contributed by atoms with E-state index in [-0.39, 0.29) is 0 Å². The fraction of sp³-hybridized carbons (Fsp3) is 0.529. The zero-order valence-electron chi connectivity index (χ0n) is 11.8. The molecule has 2 heteroatoms. The van der Waals surface area contributed by atoms with E-state index in [1.807, 2.05) is 12.1 Å². The average molecular weight is 278 g/mol. The van der Waals surface area contributed by atoms with Gasteiger partial charge in [-0.1, -0.05) is 69.2 Å². The van der Waals surface area contributed by atoms with Crippen LogP contribution in [-0.4, -0.2) is 4.98 Å². The molecule has 1 aromatic carbocycles. The van der Waals surface area contributed by atoms with Crippen molar-refractivity contribution in [2.45, 2.75) is 58.3 Å². The third-order valence-electron chi connectivity index (χ3n) is 3.80. The summed E-state index contributed by atoms with van der Waals surface area (Å²) in [6, 6.07) is 6.14. The molecule has 0 spiro atoms. The second-order valence-corrected chi connectivity index (χ2v) is 5.75. The van der Waals surface area contributed by atoms with Crippen LogP contribution in [0.15, 0.2) is 24.4 Å². The molecule has 0 amide bonds. The number of aryl methyl sites for hydroxylation is 1. The molecule has 1 heterocycles. The fourth-order valence-electron chi connectivity index (χ4n) is 2.65. The van der Waals surface area contributed by atoms with Crippen LogP contribution in [0.2, 0.25) is 5.02 Å². The highest BCUT2D eigenvalue weighted by Gasteiger charge is 2.05. The second-order valence-electron chi connectivity index (χ2n) is 5.35. The van der Waals surface area contributed by atoms with Gasteiger partial charge in [-0.15, -0.1) is 0 Å². The predicted molar refractivity (Wildman–Crippen MR) is 85.0 cm³/mol. The summed E-state index contributed by atoms with van der Waals surface area (Å²) in [7, 11) is 0. The molecule has 0 saturated carbocycles. The summed E-state index contributed by atoms with van der Waals surface area (Å²) >= 11 is 6.17. The Kier molecular flexibility index (Phi) is 5.78. The van der Waals surface area contributed by atoms with Crippen molar-refractivity contribution in [2.24, 2.45) is 0 Å². The summed E-state index contributed by atoms with van der Waals surface area (Å²) in [5.41, 5.74) is 2.49. The highest BCUT2D eigenvalue weighted by molar-refractivity contribution is 6.35. The Balaban J connectivity index is 1.77. The van der Waals surface area contributed by atoms with Crippen molar-refractivity contribution in [3.05, 3.63) is 35.0 Å². The quantitative estimate of drug-likeness (QED) is 0.560. The maximum Gasteiger partial charge on any atom is 0.0647 e. The number of para-hydroxylation sites is 1. The highest BCUT2D eigenvalue weighted by Crippen LogP contribution is 2.26. The Morgan fingerprint density at radius 3 is 2.53 bits per heavy atom. The number of rotatable bonds is 8. The number of fused-ring (bicyclic) bond motifs is 1. The topological polar surface area (TPSA) is 15.8 Å². The number of nitrogens with one attached hydrogen (secondary N) is 1. The standard InChI is InChI=1S/C17H24ClN/c1-2-3-4-5-6-7-8-10-14-13-19-17-15(14)11-9-12-16(17)18/h9,11-13,19H,2-8,10H2,1H3. The molecule has 1 nitrogen and oxygen atoms in total. The summed E-state index contributed by atoms with van der Waals surface area (Å²) in [6.45, 7) is 2.27. The van der Waals surface area contributed by atoms with E-state index in [1.54, 1.807) is 0 Å². The normalized spacial score (nSPS) is 11.3. The Morgan fingerprint density at radius 2 is 1.74 bits per heavy atom. The maximum atomic E-state index is 6.17. The van der Waals surface area contributed by atoms with Gasteiger partial charge in [-0.25, -0.2) is 0 Å². The Labute approximate surface area is 121 Å². The minimum atomic E-state index is 0.823. The van der Waals surface area contributed by atoms with Crippen molar-refractivity contribution >= 4 is 22.5 Å². The molecule has 1 N–H and O–H groups in total. The molecule has 0 radical (unpaired) electrons. The van der Waals surface area contributed by atoms with Gasteiger partial charge in [-0.3, -0.25) is 0 Å². The smallest absolute Gasteiger partial charge is 0.0647 e. The fourth-order valence-corrected chi connectivity index (χ4v) is 2.88. The zero-order chi connectivity index (χ0) is 13.5. The Hall–Kier alpha value is -0.950. The van der Waals surface area contributed by atoms with E-state index < -0.39 is 0 Å². The summed E-state index contributed by atoms with van der Waals surface area (Å²) in [5, 5.41) is 2.11. The first-order valence-corrected chi connectivity index (χ1v) is 7.95. The molecule has 1 aromatic heterocycles. The molecule has 0 fully saturated rings. The number of hydrogen-bond acceptors (Lipinski definition) is 0. The second kappa shape index (κ2) is 7.59. The third-order valence-corrected chi connectivity index (χ3v) is 4.11. The van der Waals surface area contributed by atoms with Gasteiger partial charge < -0.3 is 4.98 Å². The first-order chi connectivity index (χ1) is 9.33. The van der Waals surface area contributed by atoms with Crippen LogP contribution in [0.25, 0.3) is 10.9 Å². The summed E-state index contributed by atoms with van der Waals surface area (Å²) < 4.78 is 0. The van der Waals surface area contributed by atoms with E-state index in [1.165, 1.54) is 55.9 Å². The van der Waals surface area contributed by atoms with E-state index in [9.17, 15) is 0 Å². The van der Waals surface area contributed by atoms with Gasteiger partial charge in [0.15, 0.2) is 0 Å². The van der Waals surface area contributed by atoms with Crippen molar-refractivity contribution in [2.75, 3.05) is 0 Å². The molecular formula is C17H24ClN. The van der Waals surface area contributed by atoms with Crippen LogP contribution in [0.4, 0.5) is 0 Å².